The molecule has 0 aliphatic carbocycles. The van der Waals surface area contributed by atoms with Crippen molar-refractivity contribution in [2.45, 2.75) is 31.9 Å². The Labute approximate surface area is 115 Å². The summed E-state index contributed by atoms with van der Waals surface area (Å²) >= 11 is 0. The van der Waals surface area contributed by atoms with Gasteiger partial charge in [-0.15, -0.1) is 0 Å². The average Bonchev–Trinajstić information content (AvgIpc) is 2.93. The predicted molar refractivity (Wildman–Crippen MR) is 74.8 cm³/mol. The van der Waals surface area contributed by atoms with Crippen molar-refractivity contribution < 1.29 is 14.2 Å². The van der Waals surface area contributed by atoms with Gasteiger partial charge in [0, 0.05) is 25.1 Å². The molecule has 1 aromatic carbocycles. The van der Waals surface area contributed by atoms with Crippen molar-refractivity contribution >= 4 is 0 Å². The van der Waals surface area contributed by atoms with Crippen LogP contribution in [0.2, 0.25) is 0 Å². The van der Waals surface area contributed by atoms with Crippen LogP contribution in [0.25, 0.3) is 0 Å². The summed E-state index contributed by atoms with van der Waals surface area (Å²) < 4.78 is 16.9. The van der Waals surface area contributed by atoms with E-state index in [-0.39, 0.29) is 0 Å². The van der Waals surface area contributed by atoms with E-state index in [0.717, 1.165) is 43.1 Å². The molecule has 19 heavy (non-hydrogen) atoms. The first-order valence-electron chi connectivity index (χ1n) is 6.90. The van der Waals surface area contributed by atoms with E-state index in [1.165, 1.54) is 6.42 Å². The van der Waals surface area contributed by atoms with E-state index in [2.05, 4.69) is 11.4 Å². The molecule has 2 rings (SSSR count). The van der Waals surface area contributed by atoms with Gasteiger partial charge in [0.25, 0.3) is 0 Å². The van der Waals surface area contributed by atoms with Crippen LogP contribution >= 0.6 is 0 Å². The third kappa shape index (κ3) is 3.85. The number of ether oxygens (including phenoxy) is 3. The van der Waals surface area contributed by atoms with Crippen molar-refractivity contribution in [2.75, 3.05) is 27.4 Å². The molecule has 1 atom stereocenters. The van der Waals surface area contributed by atoms with Gasteiger partial charge in [-0.25, -0.2) is 0 Å². The van der Waals surface area contributed by atoms with E-state index in [1.54, 1.807) is 7.11 Å². The van der Waals surface area contributed by atoms with Crippen molar-refractivity contribution in [1.82, 2.24) is 5.32 Å². The number of hydrogen-bond donors (Lipinski definition) is 1. The van der Waals surface area contributed by atoms with Crippen LogP contribution < -0.4 is 14.8 Å². The summed E-state index contributed by atoms with van der Waals surface area (Å²) in [5, 5.41) is 3.15. The van der Waals surface area contributed by atoms with E-state index in [0.29, 0.717) is 12.7 Å². The van der Waals surface area contributed by atoms with Crippen LogP contribution in [0.4, 0.5) is 0 Å². The van der Waals surface area contributed by atoms with Crippen molar-refractivity contribution in [3.63, 3.8) is 0 Å². The summed E-state index contributed by atoms with van der Waals surface area (Å²) in [5.41, 5.74) is 1.12. The fraction of sp³-hybridized carbons (Fsp3) is 0.600. The minimum atomic E-state index is 0.363. The minimum Gasteiger partial charge on any atom is -0.493 e. The number of benzene rings is 1. The lowest BCUT2D eigenvalue weighted by molar-refractivity contribution is 0.0897. The van der Waals surface area contributed by atoms with Crippen molar-refractivity contribution in [3.05, 3.63) is 23.8 Å². The topological polar surface area (TPSA) is 39.7 Å². The molecule has 106 valence electrons. The fourth-order valence-electron chi connectivity index (χ4n) is 2.38. The maximum absolute atomic E-state index is 5.93. The van der Waals surface area contributed by atoms with Crippen molar-refractivity contribution in [2.24, 2.45) is 0 Å². The number of hydrogen-bond acceptors (Lipinski definition) is 4. The van der Waals surface area contributed by atoms with Crippen LogP contribution in [-0.4, -0.2) is 33.5 Å². The maximum Gasteiger partial charge on any atom is 0.165 e. The van der Waals surface area contributed by atoms with Gasteiger partial charge < -0.3 is 19.5 Å². The summed E-state index contributed by atoms with van der Waals surface area (Å²) in [6.45, 7) is 2.33. The van der Waals surface area contributed by atoms with E-state index >= 15 is 0 Å². The van der Waals surface area contributed by atoms with Gasteiger partial charge in [0.05, 0.1) is 19.8 Å². The zero-order chi connectivity index (χ0) is 13.5. The predicted octanol–water partition coefficient (Wildman–Crippen LogP) is 2.36. The summed E-state index contributed by atoms with van der Waals surface area (Å²) in [7, 11) is 3.60. The Kier molecular flexibility index (Phi) is 5.48. The summed E-state index contributed by atoms with van der Waals surface area (Å²) in [6, 6.07) is 5.97. The molecule has 1 unspecified atom stereocenters. The first kappa shape index (κ1) is 14.2. The Bertz CT molecular complexity index is 389. The van der Waals surface area contributed by atoms with Gasteiger partial charge in [0.15, 0.2) is 11.5 Å². The summed E-state index contributed by atoms with van der Waals surface area (Å²) in [5.74, 6) is 1.64. The average molecular weight is 265 g/mol. The zero-order valence-corrected chi connectivity index (χ0v) is 11.8. The first-order valence-corrected chi connectivity index (χ1v) is 6.90. The number of methoxy groups -OCH3 is 1. The lowest BCUT2D eigenvalue weighted by Crippen LogP contribution is -2.13. The normalized spacial score (nSPS) is 18.5. The fourth-order valence-corrected chi connectivity index (χ4v) is 2.38. The molecule has 0 amide bonds. The molecule has 4 heteroatoms. The third-order valence-electron chi connectivity index (χ3n) is 3.36. The van der Waals surface area contributed by atoms with Gasteiger partial charge in [-0.05, 0) is 26.0 Å². The first-order chi connectivity index (χ1) is 9.35. The van der Waals surface area contributed by atoms with Gasteiger partial charge in [0.2, 0.25) is 0 Å². The molecule has 0 radical (unpaired) electrons. The second-order valence-electron chi connectivity index (χ2n) is 4.75. The molecule has 0 aromatic heterocycles. The molecular weight excluding hydrogens is 242 g/mol. The molecule has 1 N–H and O–H groups in total. The standard InChI is InChI=1S/C15H23NO3/c1-16-11-12-5-3-7-14(17-2)15(12)19-10-8-13-6-4-9-18-13/h3,5,7,13,16H,4,6,8-11H2,1-2H3. The summed E-state index contributed by atoms with van der Waals surface area (Å²) in [6.07, 6.45) is 3.63. The molecule has 1 fully saturated rings. The molecule has 0 saturated carbocycles. The van der Waals surface area contributed by atoms with Crippen LogP contribution in [0.15, 0.2) is 18.2 Å². The molecule has 4 nitrogen and oxygen atoms in total. The number of para-hydroxylation sites is 1. The van der Waals surface area contributed by atoms with Gasteiger partial charge in [0.1, 0.15) is 0 Å². The zero-order valence-electron chi connectivity index (χ0n) is 11.8. The number of nitrogens with one attached hydrogen (secondary N) is 1. The summed E-state index contributed by atoms with van der Waals surface area (Å²) in [4.78, 5) is 0. The van der Waals surface area contributed by atoms with Crippen LogP contribution in [0.5, 0.6) is 11.5 Å². The molecular formula is C15H23NO3. The van der Waals surface area contributed by atoms with E-state index in [9.17, 15) is 0 Å². The quantitative estimate of drug-likeness (QED) is 0.821. The highest BCUT2D eigenvalue weighted by atomic mass is 16.5. The lowest BCUT2D eigenvalue weighted by Gasteiger charge is -2.16. The Morgan fingerprint density at radius 1 is 1.42 bits per heavy atom. The maximum atomic E-state index is 5.93. The second kappa shape index (κ2) is 7.36. The monoisotopic (exact) mass is 265 g/mol. The highest BCUT2D eigenvalue weighted by Gasteiger charge is 2.16. The molecule has 1 aromatic rings. The van der Waals surface area contributed by atoms with Crippen molar-refractivity contribution in [3.8, 4) is 11.5 Å². The third-order valence-corrected chi connectivity index (χ3v) is 3.36. The Hall–Kier alpha value is -1.26. The van der Waals surface area contributed by atoms with E-state index < -0.39 is 0 Å². The number of rotatable bonds is 7. The van der Waals surface area contributed by atoms with Gasteiger partial charge in [-0.1, -0.05) is 12.1 Å². The van der Waals surface area contributed by atoms with Gasteiger partial charge in [-0.2, -0.15) is 0 Å². The van der Waals surface area contributed by atoms with Crippen LogP contribution in [0.1, 0.15) is 24.8 Å². The second-order valence-corrected chi connectivity index (χ2v) is 4.75. The largest absolute Gasteiger partial charge is 0.493 e. The van der Waals surface area contributed by atoms with Crippen molar-refractivity contribution in [1.29, 1.82) is 0 Å². The van der Waals surface area contributed by atoms with Crippen LogP contribution in [0.3, 0.4) is 0 Å². The smallest absolute Gasteiger partial charge is 0.165 e. The molecule has 0 spiro atoms. The molecule has 1 aliphatic rings. The van der Waals surface area contributed by atoms with E-state index in [1.807, 2.05) is 19.2 Å². The minimum absolute atomic E-state index is 0.363. The Morgan fingerprint density at radius 3 is 3.00 bits per heavy atom. The Balaban J connectivity index is 1.96. The highest BCUT2D eigenvalue weighted by molar-refractivity contribution is 5.46. The van der Waals surface area contributed by atoms with Gasteiger partial charge >= 0.3 is 0 Å². The van der Waals surface area contributed by atoms with Crippen LogP contribution in [-0.2, 0) is 11.3 Å². The van der Waals surface area contributed by atoms with E-state index in [4.69, 9.17) is 14.2 Å². The van der Waals surface area contributed by atoms with Crippen LogP contribution in [0, 0.1) is 0 Å². The SMILES string of the molecule is CNCc1cccc(OC)c1OCCC1CCCO1. The molecule has 0 bridgehead atoms. The highest BCUT2D eigenvalue weighted by Crippen LogP contribution is 2.31. The molecule has 1 aliphatic heterocycles. The molecule has 1 saturated heterocycles. The lowest BCUT2D eigenvalue weighted by atomic mass is 10.1. The molecule has 1 heterocycles. The Morgan fingerprint density at radius 2 is 2.32 bits per heavy atom. The van der Waals surface area contributed by atoms with Gasteiger partial charge in [-0.3, -0.25) is 0 Å².